The average molecular weight is 520 g/mol. The van der Waals surface area contributed by atoms with Gasteiger partial charge in [-0.15, -0.1) is 0 Å². The van der Waals surface area contributed by atoms with Gasteiger partial charge in [-0.3, -0.25) is 9.59 Å². The van der Waals surface area contributed by atoms with E-state index in [2.05, 4.69) is 22.9 Å². The van der Waals surface area contributed by atoms with E-state index < -0.39 is 21.5 Å². The molecule has 1 fully saturated rings. The minimum Gasteiger partial charge on any atom is -0.494 e. The van der Waals surface area contributed by atoms with Crippen LogP contribution in [0, 0.1) is 5.82 Å². The van der Waals surface area contributed by atoms with Crippen molar-refractivity contribution in [2.75, 3.05) is 32.2 Å². The maximum absolute atomic E-state index is 13.7. The number of nitrogens with one attached hydrogen (secondary N) is 3. The van der Waals surface area contributed by atoms with E-state index in [-0.39, 0.29) is 36.6 Å². The maximum atomic E-state index is 13.7. The third-order valence-electron chi connectivity index (χ3n) is 6.36. The number of carbonyl (C=O) groups is 2. The van der Waals surface area contributed by atoms with Gasteiger partial charge in [0.25, 0.3) is 5.91 Å². The van der Waals surface area contributed by atoms with Gasteiger partial charge in [0.1, 0.15) is 5.75 Å². The lowest BCUT2D eigenvalue weighted by molar-refractivity contribution is -0.118. The lowest BCUT2D eigenvalue weighted by Gasteiger charge is -2.21. The Morgan fingerprint density at radius 3 is 2.44 bits per heavy atom. The van der Waals surface area contributed by atoms with Crippen molar-refractivity contribution >= 4 is 21.7 Å². The zero-order chi connectivity index (χ0) is 26.3. The van der Waals surface area contributed by atoms with Crippen LogP contribution in [0.1, 0.15) is 59.6 Å². The Kier molecular flexibility index (Phi) is 9.44. The topological polar surface area (TPSA) is 114 Å². The highest BCUT2D eigenvalue weighted by molar-refractivity contribution is 7.91. The number of hydrogen-bond acceptors (Lipinski definition) is 6. The number of sulfone groups is 1. The molecule has 0 radical (unpaired) electrons. The van der Waals surface area contributed by atoms with Crippen LogP contribution >= 0.6 is 0 Å². The van der Waals surface area contributed by atoms with Gasteiger partial charge in [-0.2, -0.15) is 0 Å². The zero-order valence-electron chi connectivity index (χ0n) is 20.8. The van der Waals surface area contributed by atoms with E-state index in [0.29, 0.717) is 17.5 Å². The summed E-state index contributed by atoms with van der Waals surface area (Å²) in [5, 5.41) is 8.82. The molecule has 10 heteroatoms. The maximum Gasteiger partial charge on any atom is 0.251 e. The Morgan fingerprint density at radius 1 is 1.08 bits per heavy atom. The smallest absolute Gasteiger partial charge is 0.251 e. The van der Waals surface area contributed by atoms with Gasteiger partial charge in [0.05, 0.1) is 7.11 Å². The van der Waals surface area contributed by atoms with E-state index in [1.54, 1.807) is 24.3 Å². The first-order chi connectivity index (χ1) is 17.1. The van der Waals surface area contributed by atoms with Crippen molar-refractivity contribution in [3.8, 4) is 5.75 Å². The highest BCUT2D eigenvalue weighted by Gasteiger charge is 2.27. The summed E-state index contributed by atoms with van der Waals surface area (Å²) in [7, 11) is -1.92. The summed E-state index contributed by atoms with van der Waals surface area (Å²) in [6.07, 6.45) is 4.03. The molecule has 1 aliphatic carbocycles. The molecular formula is C26H34FN3O5S. The summed E-state index contributed by atoms with van der Waals surface area (Å²) in [4.78, 5) is 23.9. The SMILES string of the molecule is COc1cc([C@@H](C)N[C@H]2CC[C@@H](c3ccc(C(=O)NCCNC(=O)CS(C)(=O)=O)cc3)C2)ccc1F. The first-order valence-electron chi connectivity index (χ1n) is 12.0. The molecule has 0 aliphatic heterocycles. The summed E-state index contributed by atoms with van der Waals surface area (Å²) < 4.78 is 41.0. The summed E-state index contributed by atoms with van der Waals surface area (Å²) in [6.45, 7) is 2.41. The molecule has 3 N–H and O–H groups in total. The highest BCUT2D eigenvalue weighted by Crippen LogP contribution is 2.36. The third-order valence-corrected chi connectivity index (χ3v) is 7.15. The van der Waals surface area contributed by atoms with E-state index in [4.69, 9.17) is 4.74 Å². The van der Waals surface area contributed by atoms with Crippen LogP contribution in [0.15, 0.2) is 42.5 Å². The molecule has 8 nitrogen and oxygen atoms in total. The second kappa shape index (κ2) is 12.3. The van der Waals surface area contributed by atoms with Crippen LogP contribution in [0.25, 0.3) is 0 Å². The van der Waals surface area contributed by atoms with Crippen molar-refractivity contribution in [2.45, 2.75) is 44.2 Å². The molecule has 2 amide bonds. The van der Waals surface area contributed by atoms with Crippen LogP contribution in [0.5, 0.6) is 5.75 Å². The summed E-state index contributed by atoms with van der Waals surface area (Å²) >= 11 is 0. The lowest BCUT2D eigenvalue weighted by Crippen LogP contribution is -2.37. The number of amides is 2. The van der Waals surface area contributed by atoms with Gasteiger partial charge in [-0.25, -0.2) is 12.8 Å². The van der Waals surface area contributed by atoms with Crippen LogP contribution in [0.2, 0.25) is 0 Å². The number of hydrogen-bond donors (Lipinski definition) is 3. The highest BCUT2D eigenvalue weighted by atomic mass is 32.2. The molecule has 0 heterocycles. The molecule has 1 saturated carbocycles. The van der Waals surface area contributed by atoms with E-state index in [1.165, 1.54) is 18.7 Å². The molecule has 196 valence electrons. The van der Waals surface area contributed by atoms with E-state index in [0.717, 1.165) is 31.1 Å². The Hall–Kier alpha value is -2.98. The minimum absolute atomic E-state index is 0.0606. The fourth-order valence-electron chi connectivity index (χ4n) is 4.51. The van der Waals surface area contributed by atoms with Crippen LogP contribution < -0.4 is 20.7 Å². The molecule has 3 atom stereocenters. The van der Waals surface area contributed by atoms with Gasteiger partial charge >= 0.3 is 0 Å². The monoisotopic (exact) mass is 519 g/mol. The van der Waals surface area contributed by atoms with Crippen molar-refractivity contribution in [3.05, 3.63) is 65.0 Å². The molecule has 0 unspecified atom stereocenters. The minimum atomic E-state index is -3.38. The standard InChI is InChI=1S/C26H34FN3O5S/c1-17(20-9-11-23(27)24(15-20)35-2)30-22-10-8-21(14-22)18-4-6-19(7-5-18)26(32)29-13-12-28-25(31)16-36(3,33)34/h4-7,9,11,15,17,21-22,30H,8,10,12-14,16H2,1-3H3,(H,28,31)(H,29,32)/t17-,21-,22+/m1/s1. The molecule has 3 rings (SSSR count). The summed E-state index contributed by atoms with van der Waals surface area (Å²) in [6, 6.07) is 12.9. The van der Waals surface area contributed by atoms with Crippen molar-refractivity contribution < 1.29 is 27.1 Å². The molecule has 0 bridgehead atoms. The normalized spacial score (nSPS) is 18.4. The second-order valence-corrected chi connectivity index (χ2v) is 11.4. The predicted molar refractivity (Wildman–Crippen MR) is 136 cm³/mol. The van der Waals surface area contributed by atoms with Gasteiger partial charge in [-0.05, 0) is 67.5 Å². The number of rotatable bonds is 11. The molecule has 2 aromatic carbocycles. The van der Waals surface area contributed by atoms with Gasteiger partial charge in [-0.1, -0.05) is 18.2 Å². The molecule has 1 aliphatic rings. The number of methoxy groups -OCH3 is 1. The van der Waals surface area contributed by atoms with E-state index in [1.807, 2.05) is 12.1 Å². The Labute approximate surface area is 211 Å². The van der Waals surface area contributed by atoms with Gasteiger partial charge in [0.2, 0.25) is 5.91 Å². The molecule has 0 aromatic heterocycles. The van der Waals surface area contributed by atoms with Gasteiger partial charge < -0.3 is 20.7 Å². The molecule has 2 aromatic rings. The molecule has 0 spiro atoms. The number of carbonyl (C=O) groups excluding carboxylic acids is 2. The fourth-order valence-corrected chi connectivity index (χ4v) is 5.09. The fraction of sp³-hybridized carbons (Fsp3) is 0.462. The van der Waals surface area contributed by atoms with Crippen molar-refractivity contribution in [1.82, 2.24) is 16.0 Å². The van der Waals surface area contributed by atoms with Crippen molar-refractivity contribution in [3.63, 3.8) is 0 Å². The Morgan fingerprint density at radius 2 is 1.78 bits per heavy atom. The molecular weight excluding hydrogens is 485 g/mol. The van der Waals surface area contributed by atoms with Crippen molar-refractivity contribution in [1.29, 1.82) is 0 Å². The Balaban J connectivity index is 1.45. The van der Waals surface area contributed by atoms with E-state index in [9.17, 15) is 22.4 Å². The molecule has 36 heavy (non-hydrogen) atoms. The number of halogens is 1. The lowest BCUT2D eigenvalue weighted by atomic mass is 9.96. The van der Waals surface area contributed by atoms with Crippen molar-refractivity contribution in [2.24, 2.45) is 0 Å². The molecule has 0 saturated heterocycles. The second-order valence-electron chi connectivity index (χ2n) is 9.29. The Bertz CT molecular complexity index is 1170. The predicted octanol–water partition coefficient (Wildman–Crippen LogP) is 2.71. The van der Waals surface area contributed by atoms with Crippen LogP contribution in [-0.4, -0.2) is 58.5 Å². The summed E-state index contributed by atoms with van der Waals surface area (Å²) in [5.41, 5.74) is 2.68. The largest absolute Gasteiger partial charge is 0.494 e. The third kappa shape index (κ3) is 8.03. The van der Waals surface area contributed by atoms with Gasteiger partial charge in [0, 0.05) is 37.0 Å². The number of benzene rings is 2. The van der Waals surface area contributed by atoms with E-state index >= 15 is 0 Å². The summed E-state index contributed by atoms with van der Waals surface area (Å²) in [5.74, 6) is -1.16. The quantitative estimate of drug-likeness (QED) is 0.394. The van der Waals surface area contributed by atoms with Crippen LogP contribution in [0.3, 0.4) is 0 Å². The average Bonchev–Trinajstić information content (AvgIpc) is 3.29. The van der Waals surface area contributed by atoms with Gasteiger partial charge in [0.15, 0.2) is 21.4 Å². The zero-order valence-corrected chi connectivity index (χ0v) is 21.7. The first kappa shape index (κ1) is 27.6. The van der Waals surface area contributed by atoms with Crippen LogP contribution in [0.4, 0.5) is 4.39 Å². The first-order valence-corrected chi connectivity index (χ1v) is 14.0. The van der Waals surface area contributed by atoms with Crippen LogP contribution in [-0.2, 0) is 14.6 Å². The number of ether oxygens (including phenoxy) is 1.